The lowest BCUT2D eigenvalue weighted by Crippen LogP contribution is -2.18. The van der Waals surface area contributed by atoms with E-state index in [4.69, 9.17) is 0 Å². The van der Waals surface area contributed by atoms with E-state index in [1.54, 1.807) is 0 Å². The summed E-state index contributed by atoms with van der Waals surface area (Å²) in [6, 6.07) is 7.61. The number of carbonyl (C=O) groups is 1. The molecule has 0 bridgehead atoms. The van der Waals surface area contributed by atoms with Gasteiger partial charge in [0.25, 0.3) is 5.91 Å². The first-order chi connectivity index (χ1) is 15.5. The summed E-state index contributed by atoms with van der Waals surface area (Å²) in [5.41, 5.74) is -1.12. The third-order valence-electron chi connectivity index (χ3n) is 4.72. The number of rotatable bonds is 4. The van der Waals surface area contributed by atoms with Gasteiger partial charge < -0.3 is 5.32 Å². The molecule has 170 valence electrons. The average Bonchev–Trinajstić information content (AvgIpc) is 2.73. The van der Waals surface area contributed by atoms with Crippen molar-refractivity contribution in [3.63, 3.8) is 0 Å². The lowest BCUT2D eigenvalue weighted by atomic mass is 10.1. The number of amides is 1. The fourth-order valence-corrected chi connectivity index (χ4v) is 5.41. The normalized spacial score (nSPS) is 14.8. The Bertz CT molecular complexity index is 1390. The topological polar surface area (TPSA) is 63.2 Å². The molecule has 3 aromatic rings. The van der Waals surface area contributed by atoms with Crippen LogP contribution >= 0.6 is 11.8 Å². The second-order valence-corrected chi connectivity index (χ2v) is 10.0. The summed E-state index contributed by atoms with van der Waals surface area (Å²) < 4.78 is 94.1. The largest absolute Gasteiger partial charge is 0.320 e. The van der Waals surface area contributed by atoms with Gasteiger partial charge >= 0.3 is 0 Å². The maximum atomic E-state index is 13.9. The highest BCUT2D eigenvalue weighted by molar-refractivity contribution is 8.04. The Kier molecular flexibility index (Phi) is 6.02. The zero-order chi connectivity index (χ0) is 23.9. The number of anilines is 1. The van der Waals surface area contributed by atoms with Crippen molar-refractivity contribution in [2.45, 2.75) is 15.5 Å². The molecule has 0 aliphatic carbocycles. The number of carbonyl (C=O) groups excluding carboxylic acids is 1. The molecule has 1 heterocycles. The van der Waals surface area contributed by atoms with Gasteiger partial charge in [0.15, 0.2) is 9.84 Å². The fourth-order valence-electron chi connectivity index (χ4n) is 3.10. The van der Waals surface area contributed by atoms with E-state index >= 15 is 0 Å². The van der Waals surface area contributed by atoms with Crippen LogP contribution in [-0.4, -0.2) is 14.3 Å². The molecule has 1 aliphatic heterocycles. The van der Waals surface area contributed by atoms with Crippen molar-refractivity contribution in [3.8, 4) is 0 Å². The van der Waals surface area contributed by atoms with Gasteiger partial charge in [-0.1, -0.05) is 17.8 Å². The number of halogens is 5. The van der Waals surface area contributed by atoms with Gasteiger partial charge in [-0.2, -0.15) is 0 Å². The first kappa shape index (κ1) is 23.0. The molecule has 4 nitrogen and oxygen atoms in total. The van der Waals surface area contributed by atoms with Crippen LogP contribution < -0.4 is 5.32 Å². The average molecular weight is 497 g/mol. The number of hydrogen-bond acceptors (Lipinski definition) is 4. The molecule has 4 rings (SSSR count). The molecular weight excluding hydrogens is 485 g/mol. The highest BCUT2D eigenvalue weighted by Gasteiger charge is 2.26. The quantitative estimate of drug-likeness (QED) is 0.385. The van der Waals surface area contributed by atoms with E-state index in [9.17, 15) is 35.2 Å². The van der Waals surface area contributed by atoms with Crippen molar-refractivity contribution in [1.29, 1.82) is 0 Å². The smallest absolute Gasteiger partial charge is 0.262 e. The van der Waals surface area contributed by atoms with Crippen molar-refractivity contribution >= 4 is 39.3 Å². The van der Waals surface area contributed by atoms with Crippen LogP contribution in [0, 0.1) is 29.1 Å². The minimum atomic E-state index is -4.18. The summed E-state index contributed by atoms with van der Waals surface area (Å²) in [6.45, 7) is 0. The molecule has 1 amide bonds. The van der Waals surface area contributed by atoms with Crippen LogP contribution in [0.25, 0.3) is 6.08 Å². The Morgan fingerprint density at radius 3 is 2.15 bits per heavy atom. The molecule has 3 aromatic carbocycles. The number of benzene rings is 3. The van der Waals surface area contributed by atoms with E-state index in [1.165, 1.54) is 12.1 Å². The molecule has 0 atom stereocenters. The van der Waals surface area contributed by atoms with Gasteiger partial charge in [0, 0.05) is 28.2 Å². The Labute approximate surface area is 189 Å². The summed E-state index contributed by atoms with van der Waals surface area (Å²) in [6.07, 6.45) is 0.915. The Morgan fingerprint density at radius 1 is 0.879 bits per heavy atom. The minimum absolute atomic E-state index is 0.0947. The predicted octanol–water partition coefficient (Wildman–Crippen LogP) is 5.44. The van der Waals surface area contributed by atoms with Crippen molar-refractivity contribution in [2.24, 2.45) is 0 Å². The summed E-state index contributed by atoms with van der Waals surface area (Å²) in [4.78, 5) is 12.4. The van der Waals surface area contributed by atoms with Crippen LogP contribution in [0.5, 0.6) is 0 Å². The van der Waals surface area contributed by atoms with Gasteiger partial charge in [-0.15, -0.1) is 0 Å². The van der Waals surface area contributed by atoms with Gasteiger partial charge in [-0.3, -0.25) is 4.79 Å². The Hall–Kier alpha value is -3.18. The van der Waals surface area contributed by atoms with Crippen molar-refractivity contribution in [1.82, 2.24) is 0 Å². The van der Waals surface area contributed by atoms with Gasteiger partial charge in [0.05, 0.1) is 21.2 Å². The number of sulfone groups is 1. The predicted molar refractivity (Wildman–Crippen MR) is 112 cm³/mol. The third-order valence-corrected chi connectivity index (χ3v) is 7.46. The maximum Gasteiger partial charge on any atom is 0.262 e. The van der Waals surface area contributed by atoms with E-state index in [0.717, 1.165) is 42.1 Å². The number of hydrogen-bond donors (Lipinski definition) is 1. The molecule has 0 spiro atoms. The Morgan fingerprint density at radius 2 is 1.52 bits per heavy atom. The van der Waals surface area contributed by atoms with E-state index in [2.05, 4.69) is 5.32 Å². The van der Waals surface area contributed by atoms with Crippen LogP contribution in [0.1, 0.15) is 11.1 Å². The fraction of sp³-hybridized carbons (Fsp3) is 0.0455. The molecule has 0 unspecified atom stereocenters. The standard InChI is InChI=1S/C22H12F5NO3S2/c23-11-6-17(26)13(18(27)7-11)9-21-22(29)28-19-8-12(4-5-20(19)32-21)33(30,31)10-14-15(24)2-1-3-16(14)25/h1-9H,10H2,(H,28,29)/b21-9-. The van der Waals surface area contributed by atoms with Gasteiger partial charge in [0.2, 0.25) is 0 Å². The second-order valence-electron chi connectivity index (χ2n) is 6.97. The number of thioether (sulfide) groups is 1. The van der Waals surface area contributed by atoms with Crippen molar-refractivity contribution in [2.75, 3.05) is 5.32 Å². The van der Waals surface area contributed by atoms with Crippen LogP contribution in [0.15, 0.2) is 63.2 Å². The minimum Gasteiger partial charge on any atom is -0.320 e. The first-order valence-corrected chi connectivity index (χ1v) is 11.7. The first-order valence-electron chi connectivity index (χ1n) is 9.20. The highest BCUT2D eigenvalue weighted by Crippen LogP contribution is 2.40. The second kappa shape index (κ2) is 8.64. The molecule has 0 saturated heterocycles. The van der Waals surface area contributed by atoms with E-state index < -0.39 is 61.7 Å². The molecule has 11 heteroatoms. The zero-order valence-corrected chi connectivity index (χ0v) is 18.0. The lowest BCUT2D eigenvalue weighted by molar-refractivity contribution is -0.112. The zero-order valence-electron chi connectivity index (χ0n) is 16.3. The SMILES string of the molecule is O=C1Nc2cc(S(=O)(=O)Cc3c(F)cccc3F)ccc2S/C1=C\c1c(F)cc(F)cc1F. The molecule has 0 fully saturated rings. The Balaban J connectivity index is 1.65. The molecule has 0 saturated carbocycles. The van der Waals surface area contributed by atoms with Crippen LogP contribution in [-0.2, 0) is 20.4 Å². The van der Waals surface area contributed by atoms with Crippen LogP contribution in [0.3, 0.4) is 0 Å². The summed E-state index contributed by atoms with van der Waals surface area (Å²) >= 11 is 0.817. The molecule has 1 N–H and O–H groups in total. The van der Waals surface area contributed by atoms with Crippen molar-refractivity contribution in [3.05, 3.63) is 93.6 Å². The van der Waals surface area contributed by atoms with Gasteiger partial charge in [-0.25, -0.2) is 30.4 Å². The van der Waals surface area contributed by atoms with Gasteiger partial charge in [-0.05, 0) is 36.4 Å². The summed E-state index contributed by atoms with van der Waals surface area (Å²) in [5.74, 6) is -7.21. The van der Waals surface area contributed by atoms with E-state index in [-0.39, 0.29) is 15.5 Å². The number of nitrogens with one attached hydrogen (secondary N) is 1. The van der Waals surface area contributed by atoms with Crippen molar-refractivity contribution < 1.29 is 35.2 Å². The molecule has 0 aromatic heterocycles. The summed E-state index contributed by atoms with van der Waals surface area (Å²) in [5, 5.41) is 2.42. The van der Waals surface area contributed by atoms with Crippen LogP contribution in [0.4, 0.5) is 27.6 Å². The van der Waals surface area contributed by atoms with Gasteiger partial charge in [0.1, 0.15) is 29.1 Å². The van der Waals surface area contributed by atoms with Crippen LogP contribution in [0.2, 0.25) is 0 Å². The molecule has 33 heavy (non-hydrogen) atoms. The maximum absolute atomic E-state index is 13.9. The molecule has 0 radical (unpaired) electrons. The van der Waals surface area contributed by atoms with E-state index in [0.29, 0.717) is 17.0 Å². The summed E-state index contributed by atoms with van der Waals surface area (Å²) in [7, 11) is -4.18. The van der Waals surface area contributed by atoms with E-state index in [1.807, 2.05) is 0 Å². The molecule has 1 aliphatic rings. The lowest BCUT2D eigenvalue weighted by Gasteiger charge is -2.19. The highest BCUT2D eigenvalue weighted by atomic mass is 32.2. The monoisotopic (exact) mass is 497 g/mol. The molecular formula is C22H12F5NO3S2. The number of fused-ring (bicyclic) bond motifs is 1. The third kappa shape index (κ3) is 4.64.